The SMILES string of the molecule is CCCCCCCOc1cccc(NC(=S)NC(=O)C(C)c2ccc(CC(C)C)cc2)c1. The zero-order valence-electron chi connectivity index (χ0n) is 19.9. The predicted octanol–water partition coefficient (Wildman–Crippen LogP) is 6.85. The summed E-state index contributed by atoms with van der Waals surface area (Å²) in [6.07, 6.45) is 7.08. The van der Waals surface area contributed by atoms with E-state index in [9.17, 15) is 4.79 Å². The summed E-state index contributed by atoms with van der Waals surface area (Å²) in [7, 11) is 0. The molecule has 0 aliphatic carbocycles. The molecular weight excluding hydrogens is 416 g/mol. The third-order valence-corrected chi connectivity index (χ3v) is 5.57. The number of carbonyl (C=O) groups excluding carboxylic acids is 1. The van der Waals surface area contributed by atoms with Gasteiger partial charge in [-0.15, -0.1) is 0 Å². The van der Waals surface area contributed by atoms with Gasteiger partial charge in [0.1, 0.15) is 5.75 Å². The molecule has 0 aromatic heterocycles. The van der Waals surface area contributed by atoms with E-state index in [0.29, 0.717) is 12.5 Å². The second kappa shape index (κ2) is 13.9. The fourth-order valence-electron chi connectivity index (χ4n) is 3.51. The van der Waals surface area contributed by atoms with Gasteiger partial charge in [0.25, 0.3) is 0 Å². The van der Waals surface area contributed by atoms with E-state index >= 15 is 0 Å². The van der Waals surface area contributed by atoms with E-state index in [1.807, 2.05) is 43.3 Å². The minimum absolute atomic E-state index is 0.126. The molecule has 4 nitrogen and oxygen atoms in total. The van der Waals surface area contributed by atoms with Gasteiger partial charge >= 0.3 is 0 Å². The van der Waals surface area contributed by atoms with Gasteiger partial charge in [-0.25, -0.2) is 0 Å². The highest BCUT2D eigenvalue weighted by atomic mass is 32.1. The van der Waals surface area contributed by atoms with Crippen molar-refractivity contribution in [2.24, 2.45) is 5.92 Å². The van der Waals surface area contributed by atoms with Crippen LogP contribution in [0.4, 0.5) is 5.69 Å². The lowest BCUT2D eigenvalue weighted by Gasteiger charge is -2.15. The molecule has 32 heavy (non-hydrogen) atoms. The topological polar surface area (TPSA) is 50.4 Å². The summed E-state index contributed by atoms with van der Waals surface area (Å²) in [6.45, 7) is 9.22. The highest BCUT2D eigenvalue weighted by molar-refractivity contribution is 7.80. The number of nitrogens with one attached hydrogen (secondary N) is 2. The van der Waals surface area contributed by atoms with Gasteiger partial charge in [0.05, 0.1) is 12.5 Å². The molecule has 2 aromatic rings. The number of anilines is 1. The van der Waals surface area contributed by atoms with Gasteiger partial charge < -0.3 is 15.4 Å². The molecule has 0 heterocycles. The minimum Gasteiger partial charge on any atom is -0.494 e. The van der Waals surface area contributed by atoms with Crippen LogP contribution in [0.25, 0.3) is 0 Å². The molecule has 0 spiro atoms. The summed E-state index contributed by atoms with van der Waals surface area (Å²) >= 11 is 5.36. The van der Waals surface area contributed by atoms with Crippen LogP contribution < -0.4 is 15.4 Å². The van der Waals surface area contributed by atoms with E-state index < -0.39 is 0 Å². The van der Waals surface area contributed by atoms with E-state index in [1.54, 1.807) is 0 Å². The molecule has 5 heteroatoms. The van der Waals surface area contributed by atoms with Crippen LogP contribution in [-0.2, 0) is 11.2 Å². The number of unbranched alkanes of at least 4 members (excludes halogenated alkanes) is 4. The minimum atomic E-state index is -0.287. The van der Waals surface area contributed by atoms with Crippen molar-refractivity contribution in [2.45, 2.75) is 72.1 Å². The zero-order valence-corrected chi connectivity index (χ0v) is 20.8. The van der Waals surface area contributed by atoms with E-state index in [-0.39, 0.29) is 16.9 Å². The number of amides is 1. The molecule has 2 rings (SSSR count). The highest BCUT2D eigenvalue weighted by Crippen LogP contribution is 2.19. The second-order valence-electron chi connectivity index (χ2n) is 8.80. The quantitative estimate of drug-likeness (QED) is 0.272. The number of rotatable bonds is 12. The highest BCUT2D eigenvalue weighted by Gasteiger charge is 2.16. The molecule has 0 aliphatic rings. The molecule has 174 valence electrons. The molecular formula is C27H38N2O2S. The second-order valence-corrected chi connectivity index (χ2v) is 9.20. The Kier molecular flexibility index (Phi) is 11.2. The van der Waals surface area contributed by atoms with Gasteiger partial charge in [0, 0.05) is 11.8 Å². The number of hydrogen-bond acceptors (Lipinski definition) is 3. The van der Waals surface area contributed by atoms with Crippen LogP contribution in [-0.4, -0.2) is 17.6 Å². The van der Waals surface area contributed by atoms with Crippen LogP contribution in [0.3, 0.4) is 0 Å². The Balaban J connectivity index is 1.81. The smallest absolute Gasteiger partial charge is 0.233 e. The predicted molar refractivity (Wildman–Crippen MR) is 138 cm³/mol. The largest absolute Gasteiger partial charge is 0.494 e. The maximum absolute atomic E-state index is 12.7. The first-order valence-corrected chi connectivity index (χ1v) is 12.2. The molecule has 0 fully saturated rings. The van der Waals surface area contributed by atoms with Crippen molar-refractivity contribution in [1.29, 1.82) is 0 Å². The fourth-order valence-corrected chi connectivity index (χ4v) is 3.73. The first-order chi connectivity index (χ1) is 15.4. The van der Waals surface area contributed by atoms with Gasteiger partial charge in [-0.05, 0) is 61.2 Å². The molecule has 0 bridgehead atoms. The van der Waals surface area contributed by atoms with Gasteiger partial charge in [-0.2, -0.15) is 0 Å². The van der Waals surface area contributed by atoms with Gasteiger partial charge in [0.15, 0.2) is 5.11 Å². The van der Waals surface area contributed by atoms with Crippen molar-refractivity contribution in [3.8, 4) is 5.75 Å². The summed E-state index contributed by atoms with van der Waals surface area (Å²) in [5.41, 5.74) is 3.06. The lowest BCUT2D eigenvalue weighted by molar-refractivity contribution is -0.120. The lowest BCUT2D eigenvalue weighted by Crippen LogP contribution is -2.36. The summed E-state index contributed by atoms with van der Waals surface area (Å²) in [5, 5.41) is 6.18. The Morgan fingerprint density at radius 1 is 1.00 bits per heavy atom. The summed E-state index contributed by atoms with van der Waals surface area (Å²) < 4.78 is 5.85. The number of thiocarbonyl (C=S) groups is 1. The molecule has 1 unspecified atom stereocenters. The zero-order chi connectivity index (χ0) is 23.3. The normalized spacial score (nSPS) is 11.8. The Hall–Kier alpha value is -2.40. The van der Waals surface area contributed by atoms with Crippen LogP contribution in [0.15, 0.2) is 48.5 Å². The van der Waals surface area contributed by atoms with E-state index in [4.69, 9.17) is 17.0 Å². The van der Waals surface area contributed by atoms with Crippen molar-refractivity contribution < 1.29 is 9.53 Å². The van der Waals surface area contributed by atoms with E-state index in [0.717, 1.165) is 29.8 Å². The maximum Gasteiger partial charge on any atom is 0.233 e. The molecule has 1 amide bonds. The van der Waals surface area contributed by atoms with E-state index in [1.165, 1.54) is 31.2 Å². The number of ether oxygens (including phenoxy) is 1. The van der Waals surface area contributed by atoms with Crippen LogP contribution in [0.5, 0.6) is 5.75 Å². The standard InChI is InChI=1S/C27H38N2O2S/c1-5-6-7-8-9-17-31-25-12-10-11-24(19-25)28-27(32)29-26(30)21(4)23-15-13-22(14-16-23)18-20(2)3/h10-16,19-21H,5-9,17-18H2,1-4H3,(H2,28,29,30,32). The van der Waals surface area contributed by atoms with Gasteiger partial charge in [0.2, 0.25) is 5.91 Å². The van der Waals surface area contributed by atoms with Crippen molar-refractivity contribution in [1.82, 2.24) is 5.32 Å². The molecule has 2 aromatic carbocycles. The summed E-state index contributed by atoms with van der Waals surface area (Å²) in [4.78, 5) is 12.7. The molecule has 0 saturated heterocycles. The van der Waals surface area contributed by atoms with Gasteiger partial charge in [-0.1, -0.05) is 76.8 Å². The van der Waals surface area contributed by atoms with E-state index in [2.05, 4.69) is 43.5 Å². The first kappa shape index (κ1) is 25.9. The fraction of sp³-hybridized carbons (Fsp3) is 0.481. The third-order valence-electron chi connectivity index (χ3n) is 5.36. The molecule has 0 radical (unpaired) electrons. The number of hydrogen-bond donors (Lipinski definition) is 2. The molecule has 0 saturated carbocycles. The monoisotopic (exact) mass is 454 g/mol. The Labute approximate surface area is 199 Å². The average Bonchev–Trinajstić information content (AvgIpc) is 2.76. The van der Waals surface area contributed by atoms with Crippen molar-refractivity contribution >= 4 is 28.9 Å². The van der Waals surface area contributed by atoms with Crippen LogP contribution in [0, 0.1) is 5.92 Å². The third kappa shape index (κ3) is 9.39. The number of carbonyl (C=O) groups is 1. The molecule has 2 N–H and O–H groups in total. The maximum atomic E-state index is 12.7. The number of benzene rings is 2. The first-order valence-electron chi connectivity index (χ1n) is 11.8. The lowest BCUT2D eigenvalue weighted by atomic mass is 9.96. The van der Waals surface area contributed by atoms with Crippen molar-refractivity contribution in [3.05, 3.63) is 59.7 Å². The van der Waals surface area contributed by atoms with Gasteiger partial charge in [-0.3, -0.25) is 4.79 Å². The summed E-state index contributed by atoms with van der Waals surface area (Å²) in [5.74, 6) is 0.998. The Morgan fingerprint density at radius 3 is 2.41 bits per heavy atom. The van der Waals surface area contributed by atoms with Crippen LogP contribution in [0.1, 0.15) is 76.8 Å². The van der Waals surface area contributed by atoms with Crippen LogP contribution in [0.2, 0.25) is 0 Å². The molecule has 0 aliphatic heterocycles. The summed E-state index contributed by atoms with van der Waals surface area (Å²) in [6, 6.07) is 15.9. The van der Waals surface area contributed by atoms with Crippen molar-refractivity contribution in [3.63, 3.8) is 0 Å². The average molecular weight is 455 g/mol. The van der Waals surface area contributed by atoms with Crippen molar-refractivity contribution in [2.75, 3.05) is 11.9 Å². The Morgan fingerprint density at radius 2 is 1.72 bits per heavy atom. The Bertz CT molecular complexity index is 849. The molecule has 1 atom stereocenters. The van der Waals surface area contributed by atoms with Crippen LogP contribution >= 0.6 is 12.2 Å².